The minimum Gasteiger partial charge on any atom is -0.462 e. The van der Waals surface area contributed by atoms with Crippen LogP contribution in [0.15, 0.2) is 0 Å². The molecular formula is C28H50O6Si. The number of ether oxygens (including phenoxy) is 3. The maximum Gasteiger partial charge on any atom is 0.302 e. The second-order valence-electron chi connectivity index (χ2n) is 13.9. The highest BCUT2D eigenvalue weighted by atomic mass is 28.4. The SMILES string of the molecule is CC(=O)O[C@H]1C2CCC3(OCCO3)[C@@]2(C)CCC1[C@@]1(C)CCC(O[Si](C)(C)C(C)(C)C)C[C@@H]1CO. The molecule has 0 bridgehead atoms. The van der Waals surface area contributed by atoms with Crippen molar-refractivity contribution in [3.8, 4) is 0 Å². The van der Waals surface area contributed by atoms with Crippen LogP contribution < -0.4 is 0 Å². The maximum atomic E-state index is 12.4. The molecule has 0 radical (unpaired) electrons. The zero-order valence-corrected chi connectivity index (χ0v) is 24.4. The van der Waals surface area contributed by atoms with Crippen LogP contribution in [0.1, 0.15) is 86.5 Å². The summed E-state index contributed by atoms with van der Waals surface area (Å²) in [5.41, 5.74) is -0.259. The summed E-state index contributed by atoms with van der Waals surface area (Å²) >= 11 is 0. The fourth-order valence-corrected chi connectivity index (χ4v) is 9.28. The van der Waals surface area contributed by atoms with E-state index in [2.05, 4.69) is 47.7 Å². The lowest BCUT2D eigenvalue weighted by atomic mass is 9.51. The Bertz CT molecular complexity index is 787. The van der Waals surface area contributed by atoms with Crippen molar-refractivity contribution in [1.29, 1.82) is 0 Å². The van der Waals surface area contributed by atoms with Crippen LogP contribution >= 0.6 is 0 Å². The molecule has 7 atom stereocenters. The van der Waals surface area contributed by atoms with Crippen LogP contribution in [0.3, 0.4) is 0 Å². The summed E-state index contributed by atoms with van der Waals surface area (Å²) in [5, 5.41) is 10.8. The molecule has 0 amide bonds. The van der Waals surface area contributed by atoms with E-state index < -0.39 is 14.1 Å². The van der Waals surface area contributed by atoms with Crippen LogP contribution in [-0.4, -0.2) is 57.2 Å². The molecule has 35 heavy (non-hydrogen) atoms. The van der Waals surface area contributed by atoms with E-state index in [0.29, 0.717) is 13.2 Å². The predicted molar refractivity (Wildman–Crippen MR) is 138 cm³/mol. The Morgan fingerprint density at radius 3 is 2.23 bits per heavy atom. The molecule has 1 aliphatic heterocycles. The van der Waals surface area contributed by atoms with Crippen molar-refractivity contribution < 1.29 is 28.5 Å². The van der Waals surface area contributed by atoms with Crippen molar-refractivity contribution in [2.24, 2.45) is 28.6 Å². The lowest BCUT2D eigenvalue weighted by molar-refractivity contribution is -0.253. The van der Waals surface area contributed by atoms with Gasteiger partial charge in [0.2, 0.25) is 0 Å². The summed E-state index contributed by atoms with van der Waals surface area (Å²) in [7, 11) is -1.88. The van der Waals surface area contributed by atoms with E-state index in [4.69, 9.17) is 18.6 Å². The minimum atomic E-state index is -1.88. The molecule has 0 aromatic carbocycles. The van der Waals surface area contributed by atoms with E-state index in [1.54, 1.807) is 0 Å². The van der Waals surface area contributed by atoms with Crippen molar-refractivity contribution in [1.82, 2.24) is 0 Å². The predicted octanol–water partition coefficient (Wildman–Crippen LogP) is 5.68. The van der Waals surface area contributed by atoms with Gasteiger partial charge in [-0.1, -0.05) is 34.6 Å². The number of esters is 1. The van der Waals surface area contributed by atoms with Gasteiger partial charge in [0.15, 0.2) is 14.1 Å². The highest BCUT2D eigenvalue weighted by molar-refractivity contribution is 6.74. The lowest BCUT2D eigenvalue weighted by Gasteiger charge is -2.57. The molecule has 4 aliphatic rings. The maximum absolute atomic E-state index is 12.4. The Morgan fingerprint density at radius 2 is 1.66 bits per heavy atom. The van der Waals surface area contributed by atoms with Crippen LogP contribution in [0.4, 0.5) is 0 Å². The molecule has 4 fully saturated rings. The summed E-state index contributed by atoms with van der Waals surface area (Å²) in [5.74, 6) is -0.189. The van der Waals surface area contributed by atoms with Gasteiger partial charge in [0.25, 0.3) is 0 Å². The second kappa shape index (κ2) is 9.37. The highest BCUT2D eigenvalue weighted by Crippen LogP contribution is 2.65. The second-order valence-corrected chi connectivity index (χ2v) is 18.6. The van der Waals surface area contributed by atoms with E-state index in [1.165, 1.54) is 6.92 Å². The van der Waals surface area contributed by atoms with E-state index in [9.17, 15) is 9.90 Å². The molecular weight excluding hydrogens is 460 g/mol. The van der Waals surface area contributed by atoms with Gasteiger partial charge in [-0.15, -0.1) is 0 Å². The zero-order valence-electron chi connectivity index (χ0n) is 23.4. The van der Waals surface area contributed by atoms with Gasteiger partial charge in [-0.2, -0.15) is 0 Å². The Balaban J connectivity index is 1.58. The number of carbonyl (C=O) groups excluding carboxylic acids is 1. The molecule has 1 heterocycles. The summed E-state index contributed by atoms with van der Waals surface area (Å²) < 4.78 is 25.5. The summed E-state index contributed by atoms with van der Waals surface area (Å²) in [6, 6.07) is 0. The first-order valence-electron chi connectivity index (χ1n) is 13.9. The van der Waals surface area contributed by atoms with Gasteiger partial charge in [0, 0.05) is 43.3 Å². The van der Waals surface area contributed by atoms with Gasteiger partial charge in [-0.3, -0.25) is 4.79 Å². The quantitative estimate of drug-likeness (QED) is 0.379. The largest absolute Gasteiger partial charge is 0.462 e. The topological polar surface area (TPSA) is 74.2 Å². The van der Waals surface area contributed by atoms with Gasteiger partial charge in [0.05, 0.1) is 13.2 Å². The van der Waals surface area contributed by atoms with Gasteiger partial charge >= 0.3 is 5.97 Å². The van der Waals surface area contributed by atoms with Crippen LogP contribution in [-0.2, 0) is 23.4 Å². The fraction of sp³-hybridized carbons (Fsp3) is 0.964. The number of rotatable bonds is 5. The fourth-order valence-electron chi connectivity index (χ4n) is 7.88. The normalized spacial score (nSPS) is 41.7. The van der Waals surface area contributed by atoms with Crippen molar-refractivity contribution >= 4 is 14.3 Å². The average molecular weight is 511 g/mol. The number of fused-ring (bicyclic) bond motifs is 2. The van der Waals surface area contributed by atoms with Crippen LogP contribution in [0.25, 0.3) is 0 Å². The third-order valence-corrected chi connectivity index (χ3v) is 15.7. The lowest BCUT2D eigenvalue weighted by Crippen LogP contribution is -2.58. The van der Waals surface area contributed by atoms with Gasteiger partial charge in [-0.05, 0) is 68.0 Å². The molecule has 3 unspecified atom stereocenters. The monoisotopic (exact) mass is 510 g/mol. The average Bonchev–Trinajstić information content (AvgIpc) is 3.34. The first-order chi connectivity index (χ1) is 16.2. The molecule has 1 saturated heterocycles. The minimum absolute atomic E-state index is 0.101. The standard InChI is InChI=1S/C28H50O6Si/c1-19(30)33-24-22(10-13-27(6)23(24)11-14-28(27)31-15-16-32-28)26(5)12-9-21(17-20(26)18-29)34-35(7,8)25(2,3)4/h20-24,29H,9-18H2,1-8H3/t20-,21?,22?,23?,24-,26+,27+/m1/s1. The van der Waals surface area contributed by atoms with Crippen molar-refractivity contribution in [3.05, 3.63) is 0 Å². The molecule has 0 aromatic rings. The number of carbonyl (C=O) groups is 1. The third-order valence-electron chi connectivity index (χ3n) is 11.1. The Morgan fingerprint density at radius 1 is 1.03 bits per heavy atom. The Kier molecular flexibility index (Phi) is 7.38. The molecule has 6 nitrogen and oxygen atoms in total. The van der Waals surface area contributed by atoms with Crippen LogP contribution in [0, 0.1) is 28.6 Å². The Labute approximate surface area is 213 Å². The Hall–Kier alpha value is -0.473. The van der Waals surface area contributed by atoms with E-state index >= 15 is 0 Å². The molecule has 7 heteroatoms. The molecule has 1 N–H and O–H groups in total. The first-order valence-corrected chi connectivity index (χ1v) is 16.8. The molecule has 3 aliphatic carbocycles. The van der Waals surface area contributed by atoms with Crippen LogP contribution in [0.5, 0.6) is 0 Å². The van der Waals surface area contributed by atoms with E-state index in [-0.39, 0.29) is 58.4 Å². The highest BCUT2D eigenvalue weighted by Gasteiger charge is 2.67. The van der Waals surface area contributed by atoms with Crippen molar-refractivity contribution in [3.63, 3.8) is 0 Å². The number of aliphatic hydroxyl groups excluding tert-OH is 1. The molecule has 1 spiro atoms. The summed E-state index contributed by atoms with van der Waals surface area (Å²) in [6.07, 6.45) is 6.65. The number of hydrogen-bond acceptors (Lipinski definition) is 6. The first kappa shape index (κ1) is 27.6. The molecule has 3 saturated carbocycles. The number of hydrogen-bond donors (Lipinski definition) is 1. The molecule has 0 aromatic heterocycles. The van der Waals surface area contributed by atoms with E-state index in [1.807, 2.05) is 0 Å². The summed E-state index contributed by atoms with van der Waals surface area (Å²) in [6.45, 7) is 19.1. The van der Waals surface area contributed by atoms with Gasteiger partial charge in [-0.25, -0.2) is 0 Å². The third kappa shape index (κ3) is 4.56. The summed E-state index contributed by atoms with van der Waals surface area (Å²) in [4.78, 5) is 12.4. The van der Waals surface area contributed by atoms with Gasteiger partial charge in [0.1, 0.15) is 6.10 Å². The van der Waals surface area contributed by atoms with E-state index in [0.717, 1.165) is 44.9 Å². The smallest absolute Gasteiger partial charge is 0.302 e. The molecule has 4 rings (SSSR count). The van der Waals surface area contributed by atoms with Gasteiger partial charge < -0.3 is 23.7 Å². The van der Waals surface area contributed by atoms with Crippen molar-refractivity contribution in [2.75, 3.05) is 19.8 Å². The number of aliphatic hydroxyl groups is 1. The van der Waals surface area contributed by atoms with Crippen LogP contribution in [0.2, 0.25) is 18.1 Å². The molecule has 202 valence electrons. The zero-order chi connectivity index (χ0) is 25.9. The van der Waals surface area contributed by atoms with Crippen molar-refractivity contribution in [2.45, 2.75) is 123 Å².